The van der Waals surface area contributed by atoms with E-state index in [2.05, 4.69) is 25.7 Å². The summed E-state index contributed by atoms with van der Waals surface area (Å²) in [6.45, 7) is 2.60. The van der Waals surface area contributed by atoms with Gasteiger partial charge in [0.25, 0.3) is 0 Å². The van der Waals surface area contributed by atoms with Gasteiger partial charge in [-0.2, -0.15) is 9.97 Å². The van der Waals surface area contributed by atoms with Gasteiger partial charge >= 0.3 is 6.01 Å². The van der Waals surface area contributed by atoms with E-state index < -0.39 is 23.3 Å². The fraction of sp³-hybridized carbons (Fsp3) is 0.441. The summed E-state index contributed by atoms with van der Waals surface area (Å²) in [6, 6.07) is 5.30. The molecule has 0 unspecified atom stereocenters. The maximum atomic E-state index is 17.0. The standard InChI is InChI=1S/C34H30F3N5O4/c1-2-22-24(36)5-4-18-10-21(43)11-23(25(18)22)28-27(37)29-26-30(42-20(14-45-31(26)38-28)6-8-34(42)15-44-16-34)40-32(39-29)46-17-33-7-3-9-41(33)13-19(35)12-33/h1,4-5,10-11,19-20,43H,3,6-9,12-17H2/t19-,20+,33+/m1/s1. The second kappa shape index (κ2) is 9.83. The van der Waals surface area contributed by atoms with Gasteiger partial charge < -0.3 is 24.2 Å². The normalized spacial score (nSPS) is 26.1. The smallest absolute Gasteiger partial charge is 0.319 e. The lowest BCUT2D eigenvalue weighted by Crippen LogP contribution is -2.61. The summed E-state index contributed by atoms with van der Waals surface area (Å²) < 4.78 is 64.7. The van der Waals surface area contributed by atoms with E-state index in [1.807, 2.05) is 0 Å². The molecular formula is C34H30F3N5O4. The number of rotatable bonds is 4. The Labute approximate surface area is 262 Å². The summed E-state index contributed by atoms with van der Waals surface area (Å²) >= 11 is 0. The molecule has 0 aliphatic carbocycles. The van der Waals surface area contributed by atoms with Crippen molar-refractivity contribution in [1.29, 1.82) is 0 Å². The van der Waals surface area contributed by atoms with Crippen LogP contribution in [0, 0.1) is 24.0 Å². The number of aromatic hydroxyl groups is 1. The Morgan fingerprint density at radius 2 is 2.00 bits per heavy atom. The quantitative estimate of drug-likeness (QED) is 0.317. The Morgan fingerprint density at radius 1 is 1.13 bits per heavy atom. The van der Waals surface area contributed by atoms with Crippen LogP contribution in [0.4, 0.5) is 19.0 Å². The SMILES string of the molecule is C#Cc1c(F)ccc2cc(O)cc(-c3nc4c5c(nc(OC[C@@]67CCCN6C[C@H](F)C7)nc5c3F)N3[C@@H](CCC35COC5)CO4)c12. The molecule has 4 fully saturated rings. The van der Waals surface area contributed by atoms with Crippen LogP contribution >= 0.6 is 0 Å². The molecule has 5 aliphatic rings. The average molecular weight is 630 g/mol. The minimum atomic E-state index is -0.935. The Hall–Kier alpha value is -4.34. The Balaban J connectivity index is 1.26. The minimum Gasteiger partial charge on any atom is -0.508 e. The van der Waals surface area contributed by atoms with Crippen molar-refractivity contribution in [1.82, 2.24) is 19.9 Å². The molecule has 12 heteroatoms. The number of halogens is 3. The van der Waals surface area contributed by atoms with Crippen LogP contribution in [-0.2, 0) is 4.74 Å². The van der Waals surface area contributed by atoms with Gasteiger partial charge in [-0.25, -0.2) is 18.2 Å². The van der Waals surface area contributed by atoms with E-state index in [1.165, 1.54) is 24.3 Å². The zero-order valence-corrected chi connectivity index (χ0v) is 24.9. The van der Waals surface area contributed by atoms with E-state index in [1.54, 1.807) is 0 Å². The maximum Gasteiger partial charge on any atom is 0.319 e. The zero-order chi connectivity index (χ0) is 31.4. The molecule has 0 radical (unpaired) electrons. The molecule has 46 heavy (non-hydrogen) atoms. The first kappa shape index (κ1) is 27.9. The number of fused-ring (bicyclic) bond motifs is 5. The Bertz CT molecular complexity index is 2000. The van der Waals surface area contributed by atoms with Gasteiger partial charge in [-0.1, -0.05) is 12.0 Å². The summed E-state index contributed by atoms with van der Waals surface area (Å²) in [5.74, 6) is 1.28. The highest BCUT2D eigenvalue weighted by Crippen LogP contribution is 2.50. The second-order valence-electron chi connectivity index (χ2n) is 13.2. The molecule has 2 aromatic carbocycles. The van der Waals surface area contributed by atoms with Gasteiger partial charge in [0.15, 0.2) is 5.82 Å². The molecule has 2 aromatic heterocycles. The van der Waals surface area contributed by atoms with E-state index in [4.69, 9.17) is 25.6 Å². The van der Waals surface area contributed by atoms with Crippen molar-refractivity contribution in [3.05, 3.63) is 41.5 Å². The molecule has 4 saturated heterocycles. The van der Waals surface area contributed by atoms with Crippen molar-refractivity contribution in [2.45, 2.75) is 55.4 Å². The summed E-state index contributed by atoms with van der Waals surface area (Å²) in [4.78, 5) is 18.4. The first-order valence-corrected chi connectivity index (χ1v) is 15.6. The fourth-order valence-corrected chi connectivity index (χ4v) is 8.45. The van der Waals surface area contributed by atoms with Crippen molar-refractivity contribution >= 4 is 27.5 Å². The largest absolute Gasteiger partial charge is 0.508 e. The molecule has 4 aromatic rings. The molecular weight excluding hydrogens is 599 g/mol. The minimum absolute atomic E-state index is 0.0351. The van der Waals surface area contributed by atoms with Crippen LogP contribution in [0.2, 0.25) is 0 Å². The van der Waals surface area contributed by atoms with Gasteiger partial charge in [-0.3, -0.25) is 4.90 Å². The first-order valence-electron chi connectivity index (χ1n) is 15.6. The Kier molecular flexibility index (Phi) is 5.97. The molecule has 1 N–H and O–H groups in total. The molecule has 9 nitrogen and oxygen atoms in total. The number of aromatic nitrogens is 3. The third kappa shape index (κ3) is 3.88. The van der Waals surface area contributed by atoms with E-state index in [9.17, 15) is 13.9 Å². The number of terminal acetylenes is 1. The molecule has 3 atom stereocenters. The van der Waals surface area contributed by atoms with Crippen molar-refractivity contribution in [2.75, 3.05) is 44.4 Å². The highest BCUT2D eigenvalue weighted by Gasteiger charge is 2.54. The van der Waals surface area contributed by atoms with Crippen LogP contribution in [0.1, 0.15) is 37.7 Å². The monoisotopic (exact) mass is 629 g/mol. The molecule has 9 rings (SSSR count). The third-order valence-corrected chi connectivity index (χ3v) is 10.6. The van der Waals surface area contributed by atoms with E-state index in [0.717, 1.165) is 32.2 Å². The van der Waals surface area contributed by atoms with Crippen LogP contribution in [0.15, 0.2) is 24.3 Å². The highest BCUT2D eigenvalue weighted by molar-refractivity contribution is 6.04. The van der Waals surface area contributed by atoms with Gasteiger partial charge in [-0.15, -0.1) is 6.42 Å². The zero-order valence-electron chi connectivity index (χ0n) is 24.9. The lowest BCUT2D eigenvalue weighted by atomic mass is 9.93. The number of pyridine rings is 1. The van der Waals surface area contributed by atoms with Crippen LogP contribution in [-0.4, -0.2) is 87.8 Å². The van der Waals surface area contributed by atoms with Gasteiger partial charge in [0, 0.05) is 23.9 Å². The van der Waals surface area contributed by atoms with Gasteiger partial charge in [0.1, 0.15) is 53.4 Å². The highest BCUT2D eigenvalue weighted by atomic mass is 19.1. The number of anilines is 1. The van der Waals surface area contributed by atoms with Gasteiger partial charge in [0.05, 0.1) is 35.9 Å². The first-order chi connectivity index (χ1) is 22.3. The third-order valence-electron chi connectivity index (χ3n) is 10.6. The fourth-order valence-electron chi connectivity index (χ4n) is 8.45. The number of hydrogen-bond acceptors (Lipinski definition) is 9. The number of nitrogens with zero attached hydrogens (tertiary/aromatic N) is 5. The number of alkyl halides is 1. The topological polar surface area (TPSA) is 93.1 Å². The number of phenolic OH excluding ortho intramolecular Hbond substituents is 1. The predicted molar refractivity (Wildman–Crippen MR) is 163 cm³/mol. The summed E-state index contributed by atoms with van der Waals surface area (Å²) in [5.41, 5.74) is -1.06. The molecule has 236 valence electrons. The maximum absolute atomic E-state index is 17.0. The van der Waals surface area contributed by atoms with Gasteiger partial charge in [0.2, 0.25) is 5.88 Å². The number of ether oxygens (including phenoxy) is 3. The van der Waals surface area contributed by atoms with Crippen molar-refractivity contribution in [3.8, 4) is 41.2 Å². The van der Waals surface area contributed by atoms with E-state index in [0.29, 0.717) is 42.8 Å². The van der Waals surface area contributed by atoms with Crippen LogP contribution < -0.4 is 14.4 Å². The van der Waals surface area contributed by atoms with Gasteiger partial charge in [-0.05, 0) is 55.8 Å². The predicted octanol–water partition coefficient (Wildman–Crippen LogP) is 4.90. The molecule has 5 aliphatic heterocycles. The Morgan fingerprint density at radius 3 is 2.80 bits per heavy atom. The summed E-state index contributed by atoms with van der Waals surface area (Å²) in [6.07, 6.45) is 8.55. The summed E-state index contributed by atoms with van der Waals surface area (Å²) in [7, 11) is 0. The molecule has 0 bridgehead atoms. The molecule has 0 amide bonds. The van der Waals surface area contributed by atoms with Crippen molar-refractivity contribution < 1.29 is 32.5 Å². The second-order valence-corrected chi connectivity index (χ2v) is 13.2. The number of hydrogen-bond donors (Lipinski definition) is 1. The molecule has 7 heterocycles. The number of benzene rings is 2. The summed E-state index contributed by atoms with van der Waals surface area (Å²) in [5, 5.41) is 11.6. The van der Waals surface area contributed by atoms with Crippen LogP contribution in [0.25, 0.3) is 32.9 Å². The van der Waals surface area contributed by atoms with Crippen molar-refractivity contribution in [3.63, 3.8) is 0 Å². The van der Waals surface area contributed by atoms with E-state index >= 15 is 4.39 Å². The van der Waals surface area contributed by atoms with Crippen molar-refractivity contribution in [2.24, 2.45) is 0 Å². The van der Waals surface area contributed by atoms with E-state index in [-0.39, 0.29) is 70.2 Å². The molecule has 0 saturated carbocycles. The van der Waals surface area contributed by atoms with Crippen LogP contribution in [0.5, 0.6) is 17.6 Å². The lowest BCUT2D eigenvalue weighted by molar-refractivity contribution is -0.0520. The average Bonchev–Trinajstić information content (AvgIpc) is 3.66. The number of phenols is 1. The molecule has 1 spiro atoms. The van der Waals surface area contributed by atoms with Crippen LogP contribution in [0.3, 0.4) is 0 Å². The lowest BCUT2D eigenvalue weighted by Gasteiger charge is -2.47.